The third-order valence-electron chi connectivity index (χ3n) is 3.35. The number of benzene rings is 1. The first kappa shape index (κ1) is 16.7. The van der Waals surface area contributed by atoms with Crippen LogP contribution in [0.3, 0.4) is 0 Å². The number of rotatable bonds is 5. The third-order valence-corrected chi connectivity index (χ3v) is 5.43. The van der Waals surface area contributed by atoms with Crippen LogP contribution < -0.4 is 5.32 Å². The summed E-state index contributed by atoms with van der Waals surface area (Å²) in [6.07, 6.45) is 1.15. The van der Waals surface area contributed by atoms with Crippen LogP contribution in [0.1, 0.15) is 35.1 Å². The number of sulfone groups is 1. The third kappa shape index (κ3) is 3.96. The summed E-state index contributed by atoms with van der Waals surface area (Å²) in [5, 5.41) is 5.00. The fourth-order valence-electron chi connectivity index (χ4n) is 2.11. The van der Waals surface area contributed by atoms with Gasteiger partial charge in [-0.05, 0) is 41.6 Å². The Hall–Kier alpha value is -1.66. The molecule has 0 unspecified atom stereocenters. The smallest absolute Gasteiger partial charge is 0.251 e. The second-order valence-corrected chi connectivity index (χ2v) is 8.50. The fourth-order valence-corrected chi connectivity index (χ4v) is 3.69. The van der Waals surface area contributed by atoms with Crippen LogP contribution in [0.5, 0.6) is 0 Å². The first-order chi connectivity index (χ1) is 10.3. The van der Waals surface area contributed by atoms with Crippen LogP contribution in [0.4, 0.5) is 0 Å². The molecule has 6 heteroatoms. The molecule has 2 aromatic rings. The highest BCUT2D eigenvalue weighted by Gasteiger charge is 2.20. The number of thiophene rings is 1. The number of nitrogens with one attached hydrogen (secondary N) is 1. The summed E-state index contributed by atoms with van der Waals surface area (Å²) < 4.78 is 22.9. The van der Waals surface area contributed by atoms with E-state index in [1.807, 2.05) is 17.5 Å². The molecular formula is C16H19NO3S2. The second kappa shape index (κ2) is 6.62. The number of hydrogen-bond acceptors (Lipinski definition) is 4. The SMILES string of the molecule is CC(C)[C@@H](NC(=O)c1ccc(S(C)(=O)=O)cc1)c1cccs1. The zero-order valence-electron chi connectivity index (χ0n) is 12.7. The monoisotopic (exact) mass is 337 g/mol. The molecule has 118 valence electrons. The van der Waals surface area contributed by atoms with E-state index in [0.717, 1.165) is 11.1 Å². The Balaban J connectivity index is 2.17. The van der Waals surface area contributed by atoms with Crippen LogP contribution in [0.15, 0.2) is 46.7 Å². The minimum absolute atomic E-state index is 0.0536. The molecule has 1 N–H and O–H groups in total. The standard InChI is InChI=1S/C16H19NO3S2/c1-11(2)15(14-5-4-10-21-14)17-16(18)12-6-8-13(9-7-12)22(3,19)20/h4-11,15H,1-3H3,(H,17,18)/t15-/m1/s1. The van der Waals surface area contributed by atoms with Gasteiger partial charge in [0.25, 0.3) is 5.91 Å². The highest BCUT2D eigenvalue weighted by atomic mass is 32.2. The average molecular weight is 337 g/mol. The quantitative estimate of drug-likeness (QED) is 0.911. The summed E-state index contributed by atoms with van der Waals surface area (Å²) in [5.41, 5.74) is 0.453. The molecule has 1 amide bonds. The van der Waals surface area contributed by atoms with Gasteiger partial charge in [-0.15, -0.1) is 11.3 Å². The highest BCUT2D eigenvalue weighted by molar-refractivity contribution is 7.90. The number of carbonyl (C=O) groups is 1. The van der Waals surface area contributed by atoms with Crippen molar-refractivity contribution in [1.29, 1.82) is 0 Å². The van der Waals surface area contributed by atoms with Gasteiger partial charge in [0.05, 0.1) is 10.9 Å². The van der Waals surface area contributed by atoms with Gasteiger partial charge in [-0.2, -0.15) is 0 Å². The zero-order chi connectivity index (χ0) is 16.3. The Morgan fingerprint density at radius 2 is 1.77 bits per heavy atom. The summed E-state index contributed by atoms with van der Waals surface area (Å²) in [5.74, 6) is 0.0602. The van der Waals surface area contributed by atoms with Gasteiger partial charge in [0.1, 0.15) is 0 Å². The van der Waals surface area contributed by atoms with Gasteiger partial charge in [0.15, 0.2) is 9.84 Å². The lowest BCUT2D eigenvalue weighted by Gasteiger charge is -2.21. The Kier molecular flexibility index (Phi) is 5.03. The Bertz CT molecular complexity index is 732. The minimum atomic E-state index is -3.25. The lowest BCUT2D eigenvalue weighted by molar-refractivity contribution is 0.0926. The highest BCUT2D eigenvalue weighted by Crippen LogP contribution is 2.26. The molecule has 1 aromatic carbocycles. The molecule has 0 spiro atoms. The summed E-state index contributed by atoms with van der Waals surface area (Å²) in [6.45, 7) is 4.11. The molecule has 0 aliphatic carbocycles. The average Bonchev–Trinajstić information content (AvgIpc) is 2.97. The van der Waals surface area contributed by atoms with Crippen molar-refractivity contribution in [3.05, 3.63) is 52.2 Å². The normalized spacial score (nSPS) is 13.1. The molecular weight excluding hydrogens is 318 g/mol. The zero-order valence-corrected chi connectivity index (χ0v) is 14.4. The Morgan fingerprint density at radius 3 is 2.23 bits per heavy atom. The first-order valence-corrected chi connectivity index (χ1v) is 9.70. The van der Waals surface area contributed by atoms with Crippen molar-refractivity contribution in [2.24, 2.45) is 5.92 Å². The van der Waals surface area contributed by atoms with Crippen LogP contribution in [0.2, 0.25) is 0 Å². The molecule has 0 fully saturated rings. The summed E-state index contributed by atoms with van der Waals surface area (Å²) >= 11 is 1.61. The van der Waals surface area contributed by atoms with Gasteiger partial charge in [0.2, 0.25) is 0 Å². The van der Waals surface area contributed by atoms with Gasteiger partial charge in [0, 0.05) is 16.7 Å². The van der Waals surface area contributed by atoms with Crippen molar-refractivity contribution in [3.8, 4) is 0 Å². The van der Waals surface area contributed by atoms with Crippen LogP contribution in [-0.4, -0.2) is 20.6 Å². The lowest BCUT2D eigenvalue weighted by atomic mass is 10.0. The molecule has 4 nitrogen and oxygen atoms in total. The van der Waals surface area contributed by atoms with Crippen LogP contribution >= 0.6 is 11.3 Å². The van der Waals surface area contributed by atoms with Crippen LogP contribution in [-0.2, 0) is 9.84 Å². The predicted molar refractivity (Wildman–Crippen MR) is 88.9 cm³/mol. The molecule has 0 bridgehead atoms. The molecule has 1 heterocycles. The van der Waals surface area contributed by atoms with Gasteiger partial charge in [-0.3, -0.25) is 4.79 Å². The minimum Gasteiger partial charge on any atom is -0.344 e. The summed E-state index contributed by atoms with van der Waals surface area (Å²) in [4.78, 5) is 13.7. The van der Waals surface area contributed by atoms with Gasteiger partial charge < -0.3 is 5.32 Å². The summed E-state index contributed by atoms with van der Waals surface area (Å²) in [7, 11) is -3.25. The van der Waals surface area contributed by atoms with Crippen molar-refractivity contribution in [1.82, 2.24) is 5.32 Å². The summed E-state index contributed by atoms with van der Waals surface area (Å²) in [6, 6.07) is 9.90. The van der Waals surface area contributed by atoms with Crippen LogP contribution in [0, 0.1) is 5.92 Å². The largest absolute Gasteiger partial charge is 0.344 e. The number of hydrogen-bond donors (Lipinski definition) is 1. The van der Waals surface area contributed by atoms with Crippen molar-refractivity contribution in [2.75, 3.05) is 6.26 Å². The first-order valence-electron chi connectivity index (χ1n) is 6.93. The molecule has 0 aliphatic heterocycles. The molecule has 0 aliphatic rings. The maximum atomic E-state index is 12.4. The van der Waals surface area contributed by atoms with Crippen LogP contribution in [0.25, 0.3) is 0 Å². The molecule has 1 aromatic heterocycles. The van der Waals surface area contributed by atoms with E-state index in [0.29, 0.717) is 5.56 Å². The number of amides is 1. The van der Waals surface area contributed by atoms with Crippen molar-refractivity contribution < 1.29 is 13.2 Å². The number of carbonyl (C=O) groups excluding carboxylic acids is 1. The van der Waals surface area contributed by atoms with E-state index in [-0.39, 0.29) is 22.8 Å². The van der Waals surface area contributed by atoms with E-state index >= 15 is 0 Å². The maximum absolute atomic E-state index is 12.4. The predicted octanol–water partition coefficient (Wildman–Crippen LogP) is 3.28. The van der Waals surface area contributed by atoms with Gasteiger partial charge in [-0.25, -0.2) is 8.42 Å². The molecule has 0 saturated carbocycles. The van der Waals surface area contributed by atoms with E-state index < -0.39 is 9.84 Å². The van der Waals surface area contributed by atoms with E-state index in [4.69, 9.17) is 0 Å². The van der Waals surface area contributed by atoms with E-state index in [2.05, 4.69) is 19.2 Å². The lowest BCUT2D eigenvalue weighted by Crippen LogP contribution is -2.31. The molecule has 0 saturated heterocycles. The topological polar surface area (TPSA) is 63.2 Å². The van der Waals surface area contributed by atoms with Crippen molar-refractivity contribution >= 4 is 27.1 Å². The molecule has 1 atom stereocenters. The van der Waals surface area contributed by atoms with Gasteiger partial charge >= 0.3 is 0 Å². The molecule has 2 rings (SSSR count). The van der Waals surface area contributed by atoms with Crippen molar-refractivity contribution in [2.45, 2.75) is 24.8 Å². The Labute approximate surface area is 135 Å². The fraction of sp³-hybridized carbons (Fsp3) is 0.312. The van der Waals surface area contributed by atoms with E-state index in [1.165, 1.54) is 24.3 Å². The van der Waals surface area contributed by atoms with Crippen molar-refractivity contribution in [3.63, 3.8) is 0 Å². The maximum Gasteiger partial charge on any atom is 0.251 e. The molecule has 0 radical (unpaired) electrons. The molecule has 22 heavy (non-hydrogen) atoms. The second-order valence-electron chi connectivity index (χ2n) is 5.51. The van der Waals surface area contributed by atoms with E-state index in [1.54, 1.807) is 11.3 Å². The van der Waals surface area contributed by atoms with Gasteiger partial charge in [-0.1, -0.05) is 19.9 Å². The Morgan fingerprint density at radius 1 is 1.14 bits per heavy atom. The van der Waals surface area contributed by atoms with E-state index in [9.17, 15) is 13.2 Å².